The van der Waals surface area contributed by atoms with Crippen LogP contribution in [0.3, 0.4) is 0 Å². The molecule has 1 heterocycles. The summed E-state index contributed by atoms with van der Waals surface area (Å²) >= 11 is 0. The Hall–Kier alpha value is -2.39. The van der Waals surface area contributed by atoms with Crippen LogP contribution in [0.1, 0.15) is 11.4 Å². The SMILES string of the molecule is CN(C)S(=O)(=O)c1cccc(Cn2c(C(F)(F)F)nc3ccccc32)c1. The minimum atomic E-state index is -4.62. The lowest BCUT2D eigenvalue weighted by Gasteiger charge is -2.14. The van der Waals surface area contributed by atoms with Crippen LogP contribution >= 0.6 is 0 Å². The molecule has 26 heavy (non-hydrogen) atoms. The molecule has 0 aliphatic rings. The van der Waals surface area contributed by atoms with Crippen molar-refractivity contribution >= 4 is 21.1 Å². The van der Waals surface area contributed by atoms with Gasteiger partial charge in [0.2, 0.25) is 15.8 Å². The average Bonchev–Trinajstić information content (AvgIpc) is 2.94. The molecule has 2 aromatic carbocycles. The van der Waals surface area contributed by atoms with Crippen molar-refractivity contribution in [2.75, 3.05) is 14.1 Å². The molecule has 1 aromatic heterocycles. The van der Waals surface area contributed by atoms with E-state index in [1.165, 1.54) is 38.4 Å². The Balaban J connectivity index is 2.10. The number of hydrogen-bond donors (Lipinski definition) is 0. The van der Waals surface area contributed by atoms with E-state index >= 15 is 0 Å². The minimum absolute atomic E-state index is 0.0259. The Bertz CT molecular complexity index is 1060. The lowest BCUT2D eigenvalue weighted by atomic mass is 10.2. The predicted octanol–water partition coefficient (Wildman–Crippen LogP) is 3.35. The van der Waals surface area contributed by atoms with E-state index in [4.69, 9.17) is 0 Å². The summed E-state index contributed by atoms with van der Waals surface area (Å²) in [5.41, 5.74) is 0.999. The molecule has 0 bridgehead atoms. The van der Waals surface area contributed by atoms with E-state index < -0.39 is 22.0 Å². The van der Waals surface area contributed by atoms with Crippen molar-refractivity contribution in [3.8, 4) is 0 Å². The van der Waals surface area contributed by atoms with Gasteiger partial charge in [-0.25, -0.2) is 17.7 Å². The number of imidazole rings is 1. The zero-order valence-electron chi connectivity index (χ0n) is 14.0. The van der Waals surface area contributed by atoms with Crippen LogP contribution in [0.15, 0.2) is 53.4 Å². The molecular weight excluding hydrogens is 367 g/mol. The van der Waals surface area contributed by atoms with Crippen LogP contribution in [0.4, 0.5) is 13.2 Å². The van der Waals surface area contributed by atoms with Crippen LogP contribution in [0.5, 0.6) is 0 Å². The minimum Gasteiger partial charge on any atom is -0.316 e. The first-order valence-electron chi connectivity index (χ1n) is 7.64. The summed E-state index contributed by atoms with van der Waals surface area (Å²) in [6, 6.07) is 12.2. The van der Waals surface area contributed by atoms with Gasteiger partial charge in [0.25, 0.3) is 0 Å². The number of nitrogens with zero attached hydrogens (tertiary/aromatic N) is 3. The van der Waals surface area contributed by atoms with Gasteiger partial charge < -0.3 is 4.57 Å². The molecule has 3 rings (SSSR count). The van der Waals surface area contributed by atoms with Gasteiger partial charge >= 0.3 is 6.18 Å². The van der Waals surface area contributed by atoms with Crippen molar-refractivity contribution in [1.82, 2.24) is 13.9 Å². The standard InChI is InChI=1S/C17H16F3N3O2S/c1-22(2)26(24,25)13-7-5-6-12(10-13)11-23-15-9-4-3-8-14(15)21-16(23)17(18,19)20/h3-10H,11H2,1-2H3. The molecule has 9 heteroatoms. The topological polar surface area (TPSA) is 55.2 Å². The number of alkyl halides is 3. The Morgan fingerprint density at radius 3 is 2.42 bits per heavy atom. The number of hydrogen-bond acceptors (Lipinski definition) is 3. The number of benzene rings is 2. The van der Waals surface area contributed by atoms with Gasteiger partial charge in [0.05, 0.1) is 15.9 Å². The third kappa shape index (κ3) is 3.32. The van der Waals surface area contributed by atoms with Gasteiger partial charge in [0, 0.05) is 20.6 Å². The van der Waals surface area contributed by atoms with Crippen LogP contribution in [0.25, 0.3) is 11.0 Å². The van der Waals surface area contributed by atoms with E-state index in [0.29, 0.717) is 11.1 Å². The molecule has 0 radical (unpaired) electrons. The summed E-state index contributed by atoms with van der Waals surface area (Å²) in [5, 5.41) is 0. The highest BCUT2D eigenvalue weighted by Crippen LogP contribution is 2.32. The maximum atomic E-state index is 13.4. The molecule has 0 saturated heterocycles. The maximum absolute atomic E-state index is 13.4. The summed E-state index contributed by atoms with van der Waals surface area (Å²) < 4.78 is 66.7. The summed E-state index contributed by atoms with van der Waals surface area (Å²) in [7, 11) is -0.881. The Morgan fingerprint density at radius 1 is 1.08 bits per heavy atom. The molecule has 0 fully saturated rings. The van der Waals surface area contributed by atoms with Gasteiger partial charge in [-0.15, -0.1) is 0 Å². The van der Waals surface area contributed by atoms with Gasteiger partial charge in [-0.05, 0) is 29.8 Å². The number of sulfonamides is 1. The van der Waals surface area contributed by atoms with E-state index in [1.54, 1.807) is 24.3 Å². The van der Waals surface area contributed by atoms with Gasteiger partial charge in [-0.2, -0.15) is 13.2 Å². The Kier molecular flexibility index (Phi) is 4.53. The quantitative estimate of drug-likeness (QED) is 0.694. The zero-order valence-corrected chi connectivity index (χ0v) is 14.8. The average molecular weight is 383 g/mol. The first-order chi connectivity index (χ1) is 12.1. The van der Waals surface area contributed by atoms with Crippen LogP contribution in [-0.2, 0) is 22.7 Å². The van der Waals surface area contributed by atoms with E-state index in [9.17, 15) is 21.6 Å². The lowest BCUT2D eigenvalue weighted by molar-refractivity contribution is -0.146. The predicted molar refractivity (Wildman–Crippen MR) is 91.2 cm³/mol. The summed E-state index contributed by atoms with van der Waals surface area (Å²) in [4.78, 5) is 3.72. The van der Waals surface area contributed by atoms with Gasteiger partial charge in [-0.3, -0.25) is 0 Å². The molecule has 0 atom stereocenters. The molecule has 0 unspecified atom stereocenters. The smallest absolute Gasteiger partial charge is 0.316 e. The first-order valence-corrected chi connectivity index (χ1v) is 9.08. The van der Waals surface area contributed by atoms with E-state index in [2.05, 4.69) is 4.98 Å². The molecule has 0 amide bonds. The third-order valence-corrected chi connectivity index (χ3v) is 5.74. The second-order valence-electron chi connectivity index (χ2n) is 5.94. The summed E-state index contributed by atoms with van der Waals surface area (Å²) in [6.45, 7) is -0.147. The Morgan fingerprint density at radius 2 is 1.77 bits per heavy atom. The third-order valence-electron chi connectivity index (χ3n) is 3.93. The molecule has 138 valence electrons. The molecule has 0 saturated carbocycles. The van der Waals surface area contributed by atoms with Crippen molar-refractivity contribution in [3.05, 3.63) is 59.9 Å². The fraction of sp³-hybridized carbons (Fsp3) is 0.235. The number of fused-ring (bicyclic) bond motifs is 1. The number of aromatic nitrogens is 2. The van der Waals surface area contributed by atoms with Crippen molar-refractivity contribution in [3.63, 3.8) is 0 Å². The highest BCUT2D eigenvalue weighted by Gasteiger charge is 2.37. The molecule has 0 spiro atoms. The van der Waals surface area contributed by atoms with Crippen LogP contribution in [0, 0.1) is 0 Å². The van der Waals surface area contributed by atoms with Crippen molar-refractivity contribution in [1.29, 1.82) is 0 Å². The van der Waals surface area contributed by atoms with Crippen molar-refractivity contribution in [2.45, 2.75) is 17.6 Å². The second kappa shape index (κ2) is 6.40. The van der Waals surface area contributed by atoms with Gasteiger partial charge in [0.15, 0.2) is 0 Å². The normalized spacial score (nSPS) is 12.8. The first kappa shape index (κ1) is 18.4. The van der Waals surface area contributed by atoms with Gasteiger partial charge in [0.1, 0.15) is 0 Å². The highest BCUT2D eigenvalue weighted by atomic mass is 32.2. The summed E-state index contributed by atoms with van der Waals surface area (Å²) in [5.74, 6) is -1.01. The molecule has 3 aromatic rings. The van der Waals surface area contributed by atoms with Crippen molar-refractivity contribution in [2.24, 2.45) is 0 Å². The molecule has 0 aliphatic heterocycles. The molecule has 0 aliphatic carbocycles. The van der Waals surface area contributed by atoms with Crippen molar-refractivity contribution < 1.29 is 21.6 Å². The van der Waals surface area contributed by atoms with Crippen LogP contribution < -0.4 is 0 Å². The monoisotopic (exact) mass is 383 g/mol. The van der Waals surface area contributed by atoms with E-state index in [0.717, 1.165) is 8.87 Å². The number of halogens is 3. The fourth-order valence-electron chi connectivity index (χ4n) is 2.65. The Labute approximate surface area is 148 Å². The van der Waals surface area contributed by atoms with Crippen LogP contribution in [0.2, 0.25) is 0 Å². The summed E-state index contributed by atoms with van der Waals surface area (Å²) in [6.07, 6.45) is -4.62. The largest absolute Gasteiger partial charge is 0.449 e. The van der Waals surface area contributed by atoms with Crippen LogP contribution in [-0.4, -0.2) is 36.4 Å². The lowest BCUT2D eigenvalue weighted by Crippen LogP contribution is -2.22. The second-order valence-corrected chi connectivity index (χ2v) is 8.09. The fourth-order valence-corrected chi connectivity index (χ4v) is 3.62. The number of rotatable bonds is 4. The number of para-hydroxylation sites is 2. The molecule has 0 N–H and O–H groups in total. The van der Waals surface area contributed by atoms with E-state index in [1.807, 2.05) is 0 Å². The zero-order chi connectivity index (χ0) is 19.1. The maximum Gasteiger partial charge on any atom is 0.449 e. The molecular formula is C17H16F3N3O2S. The highest BCUT2D eigenvalue weighted by molar-refractivity contribution is 7.89. The van der Waals surface area contributed by atoms with Gasteiger partial charge in [-0.1, -0.05) is 24.3 Å². The molecule has 5 nitrogen and oxygen atoms in total. The van der Waals surface area contributed by atoms with E-state index in [-0.39, 0.29) is 17.0 Å².